The first-order valence-electron chi connectivity index (χ1n) is 18.4. The van der Waals surface area contributed by atoms with Gasteiger partial charge in [0.25, 0.3) is 0 Å². The maximum Gasteiger partial charge on any atom is 0.188 e. The molecule has 55 heavy (non-hydrogen) atoms. The van der Waals surface area contributed by atoms with Crippen LogP contribution in [0.15, 0.2) is 194 Å². The fourth-order valence-corrected chi connectivity index (χ4v) is 13.8. The standard InChI is InChI=1S/C50H32N4Si/c1-52-36-28-30-48-45(32-36)44-31-35(34-51)27-29-47(44)53(48)38-17-13-22-41(33-38)55(39-18-7-3-8-19-39,40-20-9-4-10-21-40)49-26-14-24-43-42-23-11-12-25-46(42)54(50(43)49)37-15-5-2-6-16-37/h2-33H. The molecule has 10 aromatic rings. The van der Waals surface area contributed by atoms with Gasteiger partial charge in [0.05, 0.1) is 40.3 Å². The molecule has 0 saturated carbocycles. The highest BCUT2D eigenvalue weighted by Gasteiger charge is 2.43. The Bertz CT molecular complexity index is 3050. The van der Waals surface area contributed by atoms with Crippen LogP contribution in [0.4, 0.5) is 5.69 Å². The van der Waals surface area contributed by atoms with Crippen molar-refractivity contribution in [3.63, 3.8) is 0 Å². The molecule has 0 radical (unpaired) electrons. The zero-order valence-electron chi connectivity index (χ0n) is 29.8. The molecule has 0 aliphatic heterocycles. The molecule has 8 aromatic carbocycles. The zero-order chi connectivity index (χ0) is 36.9. The minimum absolute atomic E-state index is 0.573. The number of para-hydroxylation sites is 3. The molecule has 0 atom stereocenters. The van der Waals surface area contributed by atoms with Crippen LogP contribution in [0, 0.1) is 17.9 Å². The monoisotopic (exact) mass is 716 g/mol. The van der Waals surface area contributed by atoms with Gasteiger partial charge < -0.3 is 9.13 Å². The maximum atomic E-state index is 9.86. The van der Waals surface area contributed by atoms with Crippen LogP contribution >= 0.6 is 0 Å². The van der Waals surface area contributed by atoms with Gasteiger partial charge in [0.1, 0.15) is 0 Å². The summed E-state index contributed by atoms with van der Waals surface area (Å²) < 4.78 is 4.76. The molecule has 2 aromatic heterocycles. The second-order valence-electron chi connectivity index (χ2n) is 13.9. The van der Waals surface area contributed by atoms with Gasteiger partial charge in [-0.25, -0.2) is 4.85 Å². The minimum atomic E-state index is -3.12. The molecule has 2 heterocycles. The third-order valence-electron chi connectivity index (χ3n) is 11.1. The highest BCUT2D eigenvalue weighted by molar-refractivity contribution is 7.20. The molecule has 0 bridgehead atoms. The summed E-state index contributed by atoms with van der Waals surface area (Å²) in [5.74, 6) is 0. The number of nitriles is 1. The molecule has 256 valence electrons. The zero-order valence-corrected chi connectivity index (χ0v) is 30.8. The Morgan fingerprint density at radius 1 is 0.455 bits per heavy atom. The molecule has 4 nitrogen and oxygen atoms in total. The number of aromatic nitrogens is 2. The van der Waals surface area contributed by atoms with E-state index >= 15 is 0 Å². The number of fused-ring (bicyclic) bond motifs is 6. The summed E-state index contributed by atoms with van der Waals surface area (Å²) in [5, 5.41) is 19.4. The van der Waals surface area contributed by atoms with Crippen molar-refractivity contribution in [1.82, 2.24) is 9.13 Å². The number of hydrogen-bond acceptors (Lipinski definition) is 1. The first-order valence-corrected chi connectivity index (χ1v) is 20.4. The highest BCUT2D eigenvalue weighted by Crippen LogP contribution is 2.36. The molecule has 0 amide bonds. The van der Waals surface area contributed by atoms with E-state index in [0.717, 1.165) is 33.2 Å². The molecular weight excluding hydrogens is 685 g/mol. The lowest BCUT2D eigenvalue weighted by molar-refractivity contribution is 1.18. The van der Waals surface area contributed by atoms with Crippen molar-refractivity contribution in [2.24, 2.45) is 0 Å². The van der Waals surface area contributed by atoms with Crippen LogP contribution in [0.2, 0.25) is 0 Å². The Hall–Kier alpha value is -7.44. The van der Waals surface area contributed by atoms with Crippen molar-refractivity contribution in [1.29, 1.82) is 5.26 Å². The fraction of sp³-hybridized carbons (Fsp3) is 0. The molecular formula is C50H32N4Si. The first-order chi connectivity index (χ1) is 27.2. The predicted octanol–water partition coefficient (Wildman–Crippen LogP) is 9.68. The summed E-state index contributed by atoms with van der Waals surface area (Å²) in [5.41, 5.74) is 7.69. The van der Waals surface area contributed by atoms with Gasteiger partial charge in [0.15, 0.2) is 13.8 Å². The summed E-state index contributed by atoms with van der Waals surface area (Å²) in [6.45, 7) is 7.75. The van der Waals surface area contributed by atoms with Crippen molar-refractivity contribution in [3.05, 3.63) is 211 Å². The van der Waals surface area contributed by atoms with Gasteiger partial charge in [-0.1, -0.05) is 133 Å². The van der Waals surface area contributed by atoms with Crippen molar-refractivity contribution in [3.8, 4) is 17.4 Å². The largest absolute Gasteiger partial charge is 0.309 e. The van der Waals surface area contributed by atoms with Crippen LogP contribution in [-0.2, 0) is 0 Å². The van der Waals surface area contributed by atoms with Crippen LogP contribution in [0.1, 0.15) is 5.56 Å². The summed E-state index contributed by atoms with van der Waals surface area (Å²) in [6.07, 6.45) is 0. The van der Waals surface area contributed by atoms with Crippen LogP contribution in [-0.4, -0.2) is 17.2 Å². The van der Waals surface area contributed by atoms with E-state index in [2.05, 4.69) is 178 Å². The fourth-order valence-electron chi connectivity index (χ4n) is 8.82. The van der Waals surface area contributed by atoms with E-state index in [1.165, 1.54) is 42.6 Å². The van der Waals surface area contributed by atoms with Crippen LogP contribution in [0.5, 0.6) is 0 Å². The van der Waals surface area contributed by atoms with Gasteiger partial charge in [-0.3, -0.25) is 0 Å². The number of hydrogen-bond donors (Lipinski definition) is 0. The lowest BCUT2D eigenvalue weighted by Gasteiger charge is -2.35. The Kier molecular flexibility index (Phi) is 7.56. The predicted molar refractivity (Wildman–Crippen MR) is 230 cm³/mol. The van der Waals surface area contributed by atoms with Crippen LogP contribution < -0.4 is 20.7 Å². The van der Waals surface area contributed by atoms with Gasteiger partial charge in [-0.05, 0) is 86.8 Å². The summed E-state index contributed by atoms with van der Waals surface area (Å²) >= 11 is 0. The van der Waals surface area contributed by atoms with Crippen molar-refractivity contribution in [2.45, 2.75) is 0 Å². The molecule has 0 saturated heterocycles. The molecule has 0 unspecified atom stereocenters. The van der Waals surface area contributed by atoms with Crippen LogP contribution in [0.25, 0.3) is 59.8 Å². The minimum Gasteiger partial charge on any atom is -0.309 e. The molecule has 0 N–H and O–H groups in total. The Labute approximate surface area is 319 Å². The summed E-state index contributed by atoms with van der Waals surface area (Å²) in [6, 6.07) is 71.7. The molecule has 10 rings (SSSR count). The lowest BCUT2D eigenvalue weighted by atomic mass is 10.1. The van der Waals surface area contributed by atoms with Crippen molar-refractivity contribution < 1.29 is 0 Å². The Balaban J connectivity index is 1.36. The summed E-state index contributed by atoms with van der Waals surface area (Å²) in [7, 11) is -3.12. The average molecular weight is 717 g/mol. The average Bonchev–Trinajstić information content (AvgIpc) is 3.78. The second kappa shape index (κ2) is 12.9. The number of benzene rings is 8. The van der Waals surface area contributed by atoms with E-state index in [1.54, 1.807) is 0 Å². The van der Waals surface area contributed by atoms with Gasteiger partial charge in [-0.15, -0.1) is 0 Å². The van der Waals surface area contributed by atoms with E-state index in [4.69, 9.17) is 6.57 Å². The Morgan fingerprint density at radius 2 is 1.02 bits per heavy atom. The topological polar surface area (TPSA) is 38.0 Å². The highest BCUT2D eigenvalue weighted by atomic mass is 28.3. The quantitative estimate of drug-likeness (QED) is 0.0960. The van der Waals surface area contributed by atoms with Crippen LogP contribution in [0.3, 0.4) is 0 Å². The van der Waals surface area contributed by atoms with Gasteiger partial charge >= 0.3 is 0 Å². The van der Waals surface area contributed by atoms with Gasteiger partial charge in [-0.2, -0.15) is 5.26 Å². The molecule has 0 fully saturated rings. The molecule has 0 aliphatic carbocycles. The normalized spacial score (nSPS) is 11.6. The second-order valence-corrected chi connectivity index (χ2v) is 17.7. The lowest BCUT2D eigenvalue weighted by Crippen LogP contribution is -2.75. The van der Waals surface area contributed by atoms with Crippen molar-refractivity contribution >= 4 is 78.1 Å². The van der Waals surface area contributed by atoms with E-state index in [1.807, 2.05) is 36.4 Å². The van der Waals surface area contributed by atoms with Gasteiger partial charge in [0.2, 0.25) is 0 Å². The third kappa shape index (κ3) is 4.88. The SMILES string of the molecule is [C-]#[N+]c1ccc2c(c1)c1cc(C#N)ccc1n2-c1cccc([Si](c2ccccc2)(c2ccccc2)c2cccc3c4ccccc4n(-c4ccccc4)c23)c1. The molecule has 5 heteroatoms. The number of nitrogens with zero attached hydrogens (tertiary/aromatic N) is 4. The van der Waals surface area contributed by atoms with E-state index in [-0.39, 0.29) is 0 Å². The first kappa shape index (κ1) is 32.2. The Morgan fingerprint density at radius 3 is 1.73 bits per heavy atom. The summed E-state index contributed by atoms with van der Waals surface area (Å²) in [4.78, 5) is 3.75. The maximum absolute atomic E-state index is 9.86. The van der Waals surface area contributed by atoms with E-state index in [9.17, 15) is 5.26 Å². The van der Waals surface area contributed by atoms with E-state index < -0.39 is 8.07 Å². The smallest absolute Gasteiger partial charge is 0.188 e. The molecule has 0 aliphatic rings. The van der Waals surface area contributed by atoms with Crippen molar-refractivity contribution in [2.75, 3.05) is 0 Å². The third-order valence-corrected chi connectivity index (χ3v) is 15.9. The van der Waals surface area contributed by atoms with Gasteiger partial charge in [0, 0.05) is 27.5 Å². The molecule has 0 spiro atoms. The van der Waals surface area contributed by atoms with E-state index in [0.29, 0.717) is 11.3 Å². The number of rotatable bonds is 6.